The van der Waals surface area contributed by atoms with Crippen LogP contribution < -0.4 is 0 Å². The van der Waals surface area contributed by atoms with Gasteiger partial charge in [0.25, 0.3) is 0 Å². The summed E-state index contributed by atoms with van der Waals surface area (Å²) in [4.78, 5) is 9.29. The molecule has 0 heterocycles. The largest absolute Gasteiger partial charge is 0.481 e. The smallest absolute Gasteiger partial charge is 0.399 e. The van der Waals surface area contributed by atoms with Crippen molar-refractivity contribution in [1.29, 1.82) is 0 Å². The van der Waals surface area contributed by atoms with Gasteiger partial charge in [-0.15, -0.1) is 0 Å². The summed E-state index contributed by atoms with van der Waals surface area (Å²) >= 11 is 0. The molecule has 0 saturated carbocycles. The summed E-state index contributed by atoms with van der Waals surface area (Å²) in [5, 5.41) is 14.5. The quantitative estimate of drug-likeness (QED) is 0.591. The summed E-state index contributed by atoms with van der Waals surface area (Å²) in [6, 6.07) is 0. The van der Waals surface area contributed by atoms with E-state index in [0.29, 0.717) is 0 Å². The van der Waals surface area contributed by atoms with E-state index in [1.807, 2.05) is 0 Å². The van der Waals surface area contributed by atoms with Crippen LogP contribution in [0.2, 0.25) is 0 Å². The van der Waals surface area contributed by atoms with E-state index in [0.717, 1.165) is 7.11 Å². The fraction of sp³-hybridized carbons (Fsp3) is 0.750. The Morgan fingerprint density at radius 2 is 1.70 bits per heavy atom. The number of hydrogen-bond acceptors (Lipinski definition) is 2. The molecule has 0 aromatic rings. The summed E-state index contributed by atoms with van der Waals surface area (Å²) in [5.74, 6) is -1.85. The topological polar surface area (TPSA) is 57.5 Å². The molecule has 10 heavy (non-hydrogen) atoms. The highest BCUT2D eigenvalue weighted by atomic mass is 19.4. The van der Waals surface area contributed by atoms with E-state index in [1.165, 1.54) is 0 Å². The fourth-order valence-electron chi connectivity index (χ4n) is 0.171. The van der Waals surface area contributed by atoms with Crippen LogP contribution in [-0.4, -0.2) is 29.5 Å². The number of carboxylic acids is 1. The molecule has 0 unspecified atom stereocenters. The van der Waals surface area contributed by atoms with Gasteiger partial charge in [0.15, 0.2) is 0 Å². The van der Waals surface area contributed by atoms with E-state index in [4.69, 9.17) is 10.2 Å². The molecule has 0 aliphatic rings. The molecular formula is C4H7F3O3. The van der Waals surface area contributed by atoms with Gasteiger partial charge in [-0.05, 0) is 0 Å². The SMILES string of the molecule is CO.O=C(O)CC(F)(F)F. The Balaban J connectivity index is 0. The van der Waals surface area contributed by atoms with Gasteiger partial charge in [0.05, 0.1) is 0 Å². The van der Waals surface area contributed by atoms with Crippen LogP contribution in [0.3, 0.4) is 0 Å². The molecule has 0 fully saturated rings. The Morgan fingerprint density at radius 3 is 1.70 bits per heavy atom. The average Bonchev–Trinajstić information content (AvgIpc) is 1.64. The first kappa shape index (κ1) is 12.0. The summed E-state index contributed by atoms with van der Waals surface area (Å²) < 4.78 is 32.8. The Bertz CT molecular complexity index is 98.4. The molecule has 0 aliphatic heterocycles. The number of carbonyl (C=O) groups is 1. The van der Waals surface area contributed by atoms with Crippen molar-refractivity contribution in [3.63, 3.8) is 0 Å². The predicted octanol–water partition coefficient (Wildman–Crippen LogP) is 0.632. The van der Waals surface area contributed by atoms with Crippen LogP contribution in [0.4, 0.5) is 13.2 Å². The zero-order valence-electron chi connectivity index (χ0n) is 5.14. The van der Waals surface area contributed by atoms with Gasteiger partial charge in [0.2, 0.25) is 0 Å². The number of aliphatic hydroxyl groups is 1. The van der Waals surface area contributed by atoms with Gasteiger partial charge in [0.1, 0.15) is 6.42 Å². The van der Waals surface area contributed by atoms with Crippen molar-refractivity contribution in [2.45, 2.75) is 12.6 Å². The number of aliphatic carboxylic acids is 1. The van der Waals surface area contributed by atoms with Crippen molar-refractivity contribution >= 4 is 5.97 Å². The summed E-state index contributed by atoms with van der Waals surface area (Å²) in [6.45, 7) is 0. The first-order valence-electron chi connectivity index (χ1n) is 2.15. The minimum atomic E-state index is -4.58. The third-order valence-electron chi connectivity index (χ3n) is 0.352. The number of aliphatic hydroxyl groups excluding tert-OH is 1. The zero-order chi connectivity index (χ0) is 8.78. The van der Waals surface area contributed by atoms with Gasteiger partial charge in [-0.25, -0.2) is 0 Å². The fourth-order valence-corrected chi connectivity index (χ4v) is 0.171. The lowest BCUT2D eigenvalue weighted by Gasteiger charge is -1.98. The standard InChI is InChI=1S/C3H3F3O2.CH4O/c4-3(5,6)1-2(7)8;1-2/h1H2,(H,7,8);2H,1H3. The molecule has 62 valence electrons. The molecule has 2 N–H and O–H groups in total. The van der Waals surface area contributed by atoms with E-state index in [9.17, 15) is 18.0 Å². The number of carboxylic acid groups (broad SMARTS) is 1. The molecule has 0 rings (SSSR count). The monoisotopic (exact) mass is 160 g/mol. The zero-order valence-corrected chi connectivity index (χ0v) is 5.14. The summed E-state index contributed by atoms with van der Waals surface area (Å²) in [6.07, 6.45) is -6.33. The highest BCUT2D eigenvalue weighted by Gasteiger charge is 2.30. The van der Waals surface area contributed by atoms with E-state index in [-0.39, 0.29) is 0 Å². The number of halogens is 3. The molecule has 0 radical (unpaired) electrons. The molecule has 0 atom stereocenters. The van der Waals surface area contributed by atoms with Crippen molar-refractivity contribution < 1.29 is 28.2 Å². The lowest BCUT2D eigenvalue weighted by molar-refractivity contribution is -0.166. The summed E-state index contributed by atoms with van der Waals surface area (Å²) in [7, 11) is 1.00. The number of alkyl halides is 3. The molecule has 0 bridgehead atoms. The lowest BCUT2D eigenvalue weighted by atomic mass is 10.4. The van der Waals surface area contributed by atoms with Crippen molar-refractivity contribution in [2.24, 2.45) is 0 Å². The highest BCUT2D eigenvalue weighted by Crippen LogP contribution is 2.18. The van der Waals surface area contributed by atoms with Crippen LogP contribution in [0, 0.1) is 0 Å². The van der Waals surface area contributed by atoms with Gasteiger partial charge < -0.3 is 10.2 Å². The minimum Gasteiger partial charge on any atom is -0.481 e. The number of hydrogen-bond donors (Lipinski definition) is 2. The molecular weight excluding hydrogens is 153 g/mol. The van der Waals surface area contributed by atoms with E-state index < -0.39 is 18.6 Å². The van der Waals surface area contributed by atoms with E-state index >= 15 is 0 Å². The van der Waals surface area contributed by atoms with E-state index in [1.54, 1.807) is 0 Å². The van der Waals surface area contributed by atoms with Crippen LogP contribution >= 0.6 is 0 Å². The first-order chi connectivity index (χ1) is 4.42. The van der Waals surface area contributed by atoms with Gasteiger partial charge in [-0.3, -0.25) is 4.79 Å². The van der Waals surface area contributed by atoms with Gasteiger partial charge in [-0.1, -0.05) is 0 Å². The second kappa shape index (κ2) is 5.04. The molecule has 0 aliphatic carbocycles. The summed E-state index contributed by atoms with van der Waals surface area (Å²) in [5.41, 5.74) is 0. The highest BCUT2D eigenvalue weighted by molar-refractivity contribution is 5.67. The molecule has 0 spiro atoms. The first-order valence-corrected chi connectivity index (χ1v) is 2.15. The third kappa shape index (κ3) is 15.7. The Hall–Kier alpha value is -0.780. The molecule has 6 heteroatoms. The van der Waals surface area contributed by atoms with Gasteiger partial charge >= 0.3 is 12.1 Å². The van der Waals surface area contributed by atoms with Crippen LogP contribution in [0.25, 0.3) is 0 Å². The maximum atomic E-state index is 10.9. The Labute approximate surface area is 55.1 Å². The maximum absolute atomic E-state index is 10.9. The molecule has 0 amide bonds. The van der Waals surface area contributed by atoms with Crippen LogP contribution in [0.5, 0.6) is 0 Å². The molecule has 0 saturated heterocycles. The Morgan fingerprint density at radius 1 is 1.40 bits per heavy atom. The molecule has 0 aromatic heterocycles. The van der Waals surface area contributed by atoms with Crippen molar-refractivity contribution in [2.75, 3.05) is 7.11 Å². The lowest BCUT2D eigenvalue weighted by Crippen LogP contribution is -2.13. The predicted molar refractivity (Wildman–Crippen MR) is 26.5 cm³/mol. The van der Waals surface area contributed by atoms with Crippen LogP contribution in [-0.2, 0) is 4.79 Å². The Kier molecular flexibility index (Phi) is 6.02. The van der Waals surface area contributed by atoms with Gasteiger partial charge in [-0.2, -0.15) is 13.2 Å². The average molecular weight is 160 g/mol. The third-order valence-corrected chi connectivity index (χ3v) is 0.352. The van der Waals surface area contributed by atoms with Gasteiger partial charge in [0, 0.05) is 7.11 Å². The molecule has 0 aromatic carbocycles. The maximum Gasteiger partial charge on any atom is 0.399 e. The van der Waals surface area contributed by atoms with Crippen molar-refractivity contribution in [3.8, 4) is 0 Å². The second-order valence-electron chi connectivity index (χ2n) is 1.19. The van der Waals surface area contributed by atoms with Crippen LogP contribution in [0.15, 0.2) is 0 Å². The number of rotatable bonds is 1. The normalized spacial score (nSPS) is 9.70. The van der Waals surface area contributed by atoms with E-state index in [2.05, 4.69) is 0 Å². The van der Waals surface area contributed by atoms with Crippen molar-refractivity contribution in [1.82, 2.24) is 0 Å². The minimum absolute atomic E-state index is 1.00. The van der Waals surface area contributed by atoms with Crippen molar-refractivity contribution in [3.05, 3.63) is 0 Å². The molecule has 3 nitrogen and oxygen atoms in total. The second-order valence-corrected chi connectivity index (χ2v) is 1.19. The van der Waals surface area contributed by atoms with Crippen LogP contribution in [0.1, 0.15) is 6.42 Å².